The average molecular weight is 422 g/mol. The van der Waals surface area contributed by atoms with Gasteiger partial charge in [-0.1, -0.05) is 24.3 Å². The standard InChI is InChI=1S/2C10H12O3.CH2O3/c2*1-7(2)13-9-6-4-3-5-8(9)10(11)12;2-1(3)4/h2*3-7H,1-2H3,(H,11,12);(H2,2,3,4). The van der Waals surface area contributed by atoms with Crippen molar-refractivity contribution in [2.75, 3.05) is 0 Å². The Morgan fingerprint density at radius 2 is 0.900 bits per heavy atom. The molecule has 0 radical (unpaired) electrons. The highest BCUT2D eigenvalue weighted by molar-refractivity contribution is 5.91. The van der Waals surface area contributed by atoms with Crippen molar-refractivity contribution >= 4 is 18.1 Å². The smallest absolute Gasteiger partial charge is 0.490 e. The minimum absolute atomic E-state index is 0.0134. The fraction of sp³-hybridized carbons (Fsp3) is 0.286. The first-order valence-electron chi connectivity index (χ1n) is 8.85. The number of carboxylic acids is 2. The van der Waals surface area contributed by atoms with Crippen LogP contribution >= 0.6 is 0 Å². The number of para-hydroxylation sites is 2. The lowest BCUT2D eigenvalue weighted by molar-refractivity contribution is 0.0679. The molecule has 0 amide bonds. The lowest BCUT2D eigenvalue weighted by Crippen LogP contribution is -2.09. The molecule has 9 nitrogen and oxygen atoms in total. The Kier molecular flexibility index (Phi) is 11.8. The maximum Gasteiger partial charge on any atom is 0.503 e. The van der Waals surface area contributed by atoms with Crippen LogP contribution in [-0.4, -0.2) is 50.7 Å². The summed E-state index contributed by atoms with van der Waals surface area (Å²) in [5.41, 5.74) is 0.410. The third-order valence-corrected chi connectivity index (χ3v) is 2.96. The average Bonchev–Trinajstić information content (AvgIpc) is 2.61. The number of rotatable bonds is 6. The van der Waals surface area contributed by atoms with Crippen molar-refractivity contribution < 1.29 is 44.3 Å². The van der Waals surface area contributed by atoms with E-state index in [0.29, 0.717) is 11.5 Å². The normalized spacial score (nSPS) is 9.53. The maximum atomic E-state index is 10.7. The first kappa shape index (κ1) is 26.2. The number of carbonyl (C=O) groups is 3. The van der Waals surface area contributed by atoms with Gasteiger partial charge in [-0.15, -0.1) is 0 Å². The molecule has 2 rings (SSSR count). The molecule has 2 aromatic carbocycles. The second-order valence-electron chi connectivity index (χ2n) is 6.22. The molecule has 30 heavy (non-hydrogen) atoms. The van der Waals surface area contributed by atoms with E-state index in [0.717, 1.165) is 0 Å². The van der Waals surface area contributed by atoms with Gasteiger partial charge in [0.1, 0.15) is 22.6 Å². The molecule has 0 saturated carbocycles. The first-order valence-corrected chi connectivity index (χ1v) is 8.85. The van der Waals surface area contributed by atoms with Crippen molar-refractivity contribution in [2.45, 2.75) is 39.9 Å². The Morgan fingerprint density at radius 3 is 1.13 bits per heavy atom. The summed E-state index contributed by atoms with van der Waals surface area (Å²) in [6.07, 6.45) is -1.86. The Balaban J connectivity index is 0.000000477. The van der Waals surface area contributed by atoms with Crippen LogP contribution in [0.25, 0.3) is 0 Å². The van der Waals surface area contributed by atoms with E-state index in [9.17, 15) is 9.59 Å². The van der Waals surface area contributed by atoms with Crippen molar-refractivity contribution in [3.8, 4) is 11.5 Å². The molecule has 0 heterocycles. The number of carboxylic acid groups (broad SMARTS) is 4. The third kappa shape index (κ3) is 11.2. The van der Waals surface area contributed by atoms with Gasteiger partial charge in [0.2, 0.25) is 0 Å². The summed E-state index contributed by atoms with van der Waals surface area (Å²) in [7, 11) is 0. The van der Waals surface area contributed by atoms with Gasteiger partial charge in [0, 0.05) is 0 Å². The van der Waals surface area contributed by atoms with Gasteiger partial charge in [-0.25, -0.2) is 14.4 Å². The van der Waals surface area contributed by atoms with Crippen LogP contribution in [-0.2, 0) is 0 Å². The molecule has 0 aliphatic heterocycles. The molecule has 4 N–H and O–H groups in total. The topological polar surface area (TPSA) is 151 Å². The second-order valence-corrected chi connectivity index (χ2v) is 6.22. The predicted octanol–water partition coefficient (Wildman–Crippen LogP) is 4.57. The Labute approximate surface area is 174 Å². The molecule has 0 saturated heterocycles. The summed E-state index contributed by atoms with van der Waals surface area (Å²) in [5.74, 6) is -1.08. The SMILES string of the molecule is CC(C)Oc1ccccc1C(=O)O.CC(C)Oc1ccccc1C(=O)O.O=C(O)O. The summed E-state index contributed by atoms with van der Waals surface area (Å²) < 4.78 is 10.7. The molecule has 0 aliphatic rings. The van der Waals surface area contributed by atoms with E-state index < -0.39 is 18.1 Å². The summed E-state index contributed by atoms with van der Waals surface area (Å²) in [5, 5.41) is 31.5. The molecule has 0 unspecified atom stereocenters. The highest BCUT2D eigenvalue weighted by Crippen LogP contribution is 2.19. The van der Waals surface area contributed by atoms with Gasteiger partial charge >= 0.3 is 18.1 Å². The molecule has 0 atom stereocenters. The van der Waals surface area contributed by atoms with Crippen LogP contribution in [0.4, 0.5) is 4.79 Å². The minimum Gasteiger partial charge on any atom is -0.490 e. The van der Waals surface area contributed by atoms with Crippen LogP contribution in [0.2, 0.25) is 0 Å². The molecule has 2 aromatic rings. The lowest BCUT2D eigenvalue weighted by Gasteiger charge is -2.11. The number of aromatic carboxylic acids is 2. The number of benzene rings is 2. The molecule has 0 bridgehead atoms. The quantitative estimate of drug-likeness (QED) is 0.525. The van der Waals surface area contributed by atoms with E-state index in [2.05, 4.69) is 0 Å². The third-order valence-electron chi connectivity index (χ3n) is 2.96. The summed E-state index contributed by atoms with van der Waals surface area (Å²) in [6.45, 7) is 7.44. The minimum atomic E-state index is -1.83. The van der Waals surface area contributed by atoms with Crippen LogP contribution in [0.3, 0.4) is 0 Å². The van der Waals surface area contributed by atoms with Gasteiger partial charge in [0.15, 0.2) is 0 Å². The Bertz CT molecular complexity index is 761. The number of hydrogen-bond donors (Lipinski definition) is 4. The zero-order valence-corrected chi connectivity index (χ0v) is 17.1. The van der Waals surface area contributed by atoms with Crippen molar-refractivity contribution in [1.29, 1.82) is 0 Å². The molecule has 0 aliphatic carbocycles. The zero-order valence-electron chi connectivity index (χ0n) is 17.1. The number of ether oxygens (including phenoxy) is 2. The van der Waals surface area contributed by atoms with Crippen molar-refractivity contribution in [1.82, 2.24) is 0 Å². The van der Waals surface area contributed by atoms with Gasteiger partial charge in [-0.3, -0.25) is 0 Å². The van der Waals surface area contributed by atoms with Crippen molar-refractivity contribution in [2.24, 2.45) is 0 Å². The van der Waals surface area contributed by atoms with Gasteiger partial charge in [-0.05, 0) is 52.0 Å². The van der Waals surface area contributed by atoms with Crippen LogP contribution in [0.15, 0.2) is 48.5 Å². The Morgan fingerprint density at radius 1 is 0.633 bits per heavy atom. The van der Waals surface area contributed by atoms with E-state index >= 15 is 0 Å². The fourth-order valence-electron chi connectivity index (χ4n) is 2.00. The van der Waals surface area contributed by atoms with E-state index in [4.69, 9.17) is 34.7 Å². The van der Waals surface area contributed by atoms with Crippen LogP contribution < -0.4 is 9.47 Å². The number of hydrogen-bond acceptors (Lipinski definition) is 5. The monoisotopic (exact) mass is 422 g/mol. The molecule has 9 heteroatoms. The summed E-state index contributed by atoms with van der Waals surface area (Å²) in [4.78, 5) is 30.0. The highest BCUT2D eigenvalue weighted by atomic mass is 16.6. The van der Waals surface area contributed by atoms with E-state index in [1.165, 1.54) is 12.1 Å². The molecule has 0 fully saturated rings. The molecule has 164 valence electrons. The summed E-state index contributed by atoms with van der Waals surface area (Å²) in [6, 6.07) is 13.2. The van der Waals surface area contributed by atoms with E-state index in [1.54, 1.807) is 36.4 Å². The van der Waals surface area contributed by atoms with E-state index in [-0.39, 0.29) is 23.3 Å². The van der Waals surface area contributed by atoms with E-state index in [1.807, 2.05) is 27.7 Å². The highest BCUT2D eigenvalue weighted by Gasteiger charge is 2.11. The van der Waals surface area contributed by atoms with Gasteiger partial charge in [-0.2, -0.15) is 0 Å². The van der Waals surface area contributed by atoms with Crippen LogP contribution in [0, 0.1) is 0 Å². The van der Waals surface area contributed by atoms with Gasteiger partial charge < -0.3 is 29.9 Å². The Hall–Kier alpha value is -3.75. The maximum absolute atomic E-state index is 10.7. The van der Waals surface area contributed by atoms with Gasteiger partial charge in [0.05, 0.1) is 12.2 Å². The predicted molar refractivity (Wildman–Crippen MR) is 109 cm³/mol. The summed E-state index contributed by atoms with van der Waals surface area (Å²) >= 11 is 0. The second kappa shape index (κ2) is 13.4. The van der Waals surface area contributed by atoms with Crippen LogP contribution in [0.1, 0.15) is 48.4 Å². The first-order chi connectivity index (χ1) is 14.0. The fourth-order valence-corrected chi connectivity index (χ4v) is 2.00. The molecule has 0 spiro atoms. The van der Waals surface area contributed by atoms with Crippen molar-refractivity contribution in [3.63, 3.8) is 0 Å². The molecular formula is C21H26O9. The molecular weight excluding hydrogens is 396 g/mol. The zero-order chi connectivity index (χ0) is 23.3. The van der Waals surface area contributed by atoms with Crippen molar-refractivity contribution in [3.05, 3.63) is 59.7 Å². The largest absolute Gasteiger partial charge is 0.503 e. The lowest BCUT2D eigenvalue weighted by atomic mass is 10.2. The van der Waals surface area contributed by atoms with Gasteiger partial charge in [0.25, 0.3) is 0 Å². The molecule has 0 aromatic heterocycles. The van der Waals surface area contributed by atoms with Crippen LogP contribution in [0.5, 0.6) is 11.5 Å².